The molecule has 1 N–H and O–H groups in total. The fourth-order valence-corrected chi connectivity index (χ4v) is 2.34. The van der Waals surface area contributed by atoms with Gasteiger partial charge in [-0.25, -0.2) is 9.50 Å². The van der Waals surface area contributed by atoms with Gasteiger partial charge in [-0.1, -0.05) is 26.1 Å². The molecule has 0 aliphatic heterocycles. The number of rotatable bonds is 3. The Balaban J connectivity index is 2.60. The average Bonchev–Trinajstić information content (AvgIpc) is 2.74. The number of aromatic amines is 1. The van der Waals surface area contributed by atoms with Gasteiger partial charge in [0.15, 0.2) is 5.65 Å². The van der Waals surface area contributed by atoms with Gasteiger partial charge in [0.1, 0.15) is 10.3 Å². The van der Waals surface area contributed by atoms with Crippen LogP contribution in [0.15, 0.2) is 12.1 Å². The molecule has 0 radical (unpaired) electrons. The van der Waals surface area contributed by atoms with Crippen molar-refractivity contribution in [2.75, 3.05) is 0 Å². The van der Waals surface area contributed by atoms with Gasteiger partial charge in [0.2, 0.25) is 0 Å². The van der Waals surface area contributed by atoms with Crippen molar-refractivity contribution < 1.29 is 13.2 Å². The zero-order valence-electron chi connectivity index (χ0n) is 10.6. The van der Waals surface area contributed by atoms with E-state index in [4.69, 9.17) is 12.2 Å². The zero-order valence-corrected chi connectivity index (χ0v) is 11.4. The van der Waals surface area contributed by atoms with Crippen molar-refractivity contribution in [2.24, 2.45) is 0 Å². The number of aromatic nitrogens is 3. The molecule has 0 amide bonds. The maximum absolute atomic E-state index is 12.7. The fourth-order valence-electron chi connectivity index (χ4n) is 2.09. The molecular formula is C12H14F3N3S. The van der Waals surface area contributed by atoms with Crippen LogP contribution in [0.25, 0.3) is 5.65 Å². The molecule has 19 heavy (non-hydrogen) atoms. The van der Waals surface area contributed by atoms with Crippen LogP contribution in [0.4, 0.5) is 13.2 Å². The highest BCUT2D eigenvalue weighted by Gasteiger charge is 2.33. The first-order valence-electron chi connectivity index (χ1n) is 6.06. The summed E-state index contributed by atoms with van der Waals surface area (Å²) in [5, 5.41) is 3.03. The largest absolute Gasteiger partial charge is 0.433 e. The summed E-state index contributed by atoms with van der Waals surface area (Å²) in [4.78, 5) is 3.62. The summed E-state index contributed by atoms with van der Waals surface area (Å²) < 4.78 is 39.5. The first-order valence-corrected chi connectivity index (χ1v) is 6.47. The lowest BCUT2D eigenvalue weighted by molar-refractivity contribution is -0.141. The third-order valence-electron chi connectivity index (χ3n) is 3.19. The minimum Gasteiger partial charge on any atom is -0.295 e. The van der Waals surface area contributed by atoms with Crippen molar-refractivity contribution in [1.29, 1.82) is 0 Å². The Hall–Kier alpha value is -1.37. The Bertz CT molecular complexity index is 638. The van der Waals surface area contributed by atoms with E-state index in [1.54, 1.807) is 6.07 Å². The number of nitrogens with one attached hydrogen (secondary N) is 1. The molecule has 0 aliphatic carbocycles. The molecule has 2 aromatic rings. The van der Waals surface area contributed by atoms with E-state index in [2.05, 4.69) is 10.1 Å². The first-order chi connectivity index (χ1) is 8.86. The van der Waals surface area contributed by atoms with E-state index < -0.39 is 11.9 Å². The third-order valence-corrected chi connectivity index (χ3v) is 3.49. The van der Waals surface area contributed by atoms with Crippen molar-refractivity contribution in [3.05, 3.63) is 28.2 Å². The average molecular weight is 289 g/mol. The molecule has 0 aliphatic rings. The van der Waals surface area contributed by atoms with Crippen LogP contribution in [0.5, 0.6) is 0 Å². The summed E-state index contributed by atoms with van der Waals surface area (Å²) in [5.74, 6) is 0.269. The molecule has 0 atom stereocenters. The molecule has 0 spiro atoms. The van der Waals surface area contributed by atoms with Crippen LogP contribution in [0.3, 0.4) is 0 Å². The van der Waals surface area contributed by atoms with Gasteiger partial charge in [-0.05, 0) is 12.8 Å². The molecule has 0 aromatic carbocycles. The maximum atomic E-state index is 12.7. The van der Waals surface area contributed by atoms with Gasteiger partial charge in [-0.2, -0.15) is 13.2 Å². The Morgan fingerprint density at radius 1 is 1.32 bits per heavy atom. The molecule has 7 heteroatoms. The van der Waals surface area contributed by atoms with Crippen LogP contribution in [0, 0.1) is 4.64 Å². The highest BCUT2D eigenvalue weighted by Crippen LogP contribution is 2.29. The highest BCUT2D eigenvalue weighted by atomic mass is 32.1. The van der Waals surface area contributed by atoms with Crippen molar-refractivity contribution in [2.45, 2.75) is 38.8 Å². The number of H-pyrrole nitrogens is 1. The second-order valence-electron chi connectivity index (χ2n) is 4.40. The zero-order chi connectivity index (χ0) is 14.2. The maximum Gasteiger partial charge on any atom is 0.433 e. The normalized spacial score (nSPS) is 12.5. The number of hydrogen-bond acceptors (Lipinski definition) is 2. The Kier molecular flexibility index (Phi) is 3.66. The fraction of sp³-hybridized carbons (Fsp3) is 0.500. The van der Waals surface area contributed by atoms with Gasteiger partial charge in [0.25, 0.3) is 0 Å². The Labute approximate surface area is 113 Å². The van der Waals surface area contributed by atoms with Crippen LogP contribution in [0.1, 0.15) is 44.0 Å². The van der Waals surface area contributed by atoms with E-state index in [0.29, 0.717) is 0 Å². The van der Waals surface area contributed by atoms with Crippen molar-refractivity contribution >= 4 is 17.9 Å². The molecule has 0 saturated carbocycles. The molecule has 0 unspecified atom stereocenters. The molecule has 104 valence electrons. The van der Waals surface area contributed by atoms with Crippen LogP contribution in [-0.4, -0.2) is 14.6 Å². The lowest BCUT2D eigenvalue weighted by atomic mass is 10.00. The smallest absolute Gasteiger partial charge is 0.295 e. The van der Waals surface area contributed by atoms with Crippen molar-refractivity contribution in [3.8, 4) is 0 Å². The van der Waals surface area contributed by atoms with Crippen molar-refractivity contribution in [3.63, 3.8) is 0 Å². The van der Waals surface area contributed by atoms with Gasteiger partial charge in [-0.15, -0.1) is 0 Å². The number of nitrogens with zero attached hydrogens (tertiary/aromatic N) is 2. The van der Waals surface area contributed by atoms with Gasteiger partial charge in [0.05, 0.1) is 0 Å². The summed E-state index contributed by atoms with van der Waals surface area (Å²) >= 11 is 4.97. The summed E-state index contributed by atoms with van der Waals surface area (Å²) in [6.45, 7) is 4.07. The van der Waals surface area contributed by atoms with Gasteiger partial charge >= 0.3 is 6.18 Å². The standard InChI is InChI=1S/C12H14F3N3S/c1-3-7(4-2)8-5-10-16-9(12(13,14)15)6-11(19)18(10)17-8/h5-7,17H,3-4H2,1-2H3. The molecule has 0 saturated heterocycles. The summed E-state index contributed by atoms with van der Waals surface area (Å²) in [6, 6.07) is 2.51. The lowest BCUT2D eigenvalue weighted by Crippen LogP contribution is -2.09. The summed E-state index contributed by atoms with van der Waals surface area (Å²) in [6.07, 6.45) is -2.67. The number of halogens is 3. The lowest BCUT2D eigenvalue weighted by Gasteiger charge is -2.08. The monoisotopic (exact) mass is 289 g/mol. The minimum absolute atomic E-state index is 0.0783. The molecule has 2 rings (SSSR count). The van der Waals surface area contributed by atoms with Crippen LogP contribution >= 0.6 is 12.2 Å². The predicted octanol–water partition coefficient (Wildman–Crippen LogP) is 4.31. The van der Waals surface area contributed by atoms with Crippen LogP contribution in [-0.2, 0) is 6.18 Å². The molecule has 2 aromatic heterocycles. The predicted molar refractivity (Wildman–Crippen MR) is 68.7 cm³/mol. The van der Waals surface area contributed by atoms with Crippen LogP contribution < -0.4 is 0 Å². The minimum atomic E-state index is -4.48. The Morgan fingerprint density at radius 2 is 1.95 bits per heavy atom. The second-order valence-corrected chi connectivity index (χ2v) is 4.81. The van der Waals surface area contributed by atoms with Crippen molar-refractivity contribution in [1.82, 2.24) is 14.6 Å². The first kappa shape index (κ1) is 14.0. The van der Waals surface area contributed by atoms with Crippen LogP contribution in [0.2, 0.25) is 0 Å². The number of alkyl halides is 3. The van der Waals surface area contributed by atoms with Gasteiger partial charge in [-0.3, -0.25) is 5.10 Å². The highest BCUT2D eigenvalue weighted by molar-refractivity contribution is 7.71. The van der Waals surface area contributed by atoms with Gasteiger partial charge in [0, 0.05) is 23.7 Å². The van der Waals surface area contributed by atoms with E-state index in [1.165, 1.54) is 4.52 Å². The van der Waals surface area contributed by atoms with E-state index in [9.17, 15) is 13.2 Å². The topological polar surface area (TPSA) is 33.1 Å². The second kappa shape index (κ2) is 4.96. The molecular weight excluding hydrogens is 275 g/mol. The van der Waals surface area contributed by atoms with E-state index in [0.717, 1.165) is 24.6 Å². The molecule has 2 heterocycles. The summed E-state index contributed by atoms with van der Waals surface area (Å²) in [7, 11) is 0. The van der Waals surface area contributed by atoms with E-state index >= 15 is 0 Å². The number of hydrogen-bond donors (Lipinski definition) is 1. The molecule has 3 nitrogen and oxygen atoms in total. The molecule has 0 bridgehead atoms. The van der Waals surface area contributed by atoms with E-state index in [-0.39, 0.29) is 16.2 Å². The third kappa shape index (κ3) is 2.65. The Morgan fingerprint density at radius 3 is 2.47 bits per heavy atom. The van der Waals surface area contributed by atoms with Gasteiger partial charge < -0.3 is 0 Å². The molecule has 0 fully saturated rings. The van der Waals surface area contributed by atoms with E-state index in [1.807, 2.05) is 13.8 Å². The quantitative estimate of drug-likeness (QED) is 0.854. The number of fused-ring (bicyclic) bond motifs is 1. The summed E-state index contributed by atoms with van der Waals surface area (Å²) in [5.41, 5.74) is 0.122. The SMILES string of the molecule is CCC(CC)c1cc2nc(C(F)(F)F)cc(=S)n2[nH]1.